The number of aromatic nitrogens is 1. The average Bonchev–Trinajstić information content (AvgIpc) is 2.94. The van der Waals surface area contributed by atoms with Crippen molar-refractivity contribution in [1.29, 1.82) is 0 Å². The number of benzene rings is 2. The van der Waals surface area contributed by atoms with Gasteiger partial charge < -0.3 is 15.6 Å². The third kappa shape index (κ3) is 5.43. The number of nitrogens with one attached hydrogen (secondary N) is 3. The largest absolute Gasteiger partial charge is 0.416 e. The smallest absolute Gasteiger partial charge is 0.342 e. The Bertz CT molecular complexity index is 1450. The number of alkyl halides is 3. The number of hydrogen-bond donors (Lipinski definition) is 3. The second-order valence-electron chi connectivity index (χ2n) is 8.07. The Kier molecular flexibility index (Phi) is 6.46. The molecule has 0 aromatic heterocycles. The van der Waals surface area contributed by atoms with Crippen molar-refractivity contribution >= 4 is 22.8 Å². The van der Waals surface area contributed by atoms with Crippen LogP contribution < -0.4 is 16.2 Å². The van der Waals surface area contributed by atoms with Gasteiger partial charge in [-0.05, 0) is 55.8 Å². The summed E-state index contributed by atoms with van der Waals surface area (Å²) in [6, 6.07) is 19.7. The molecule has 0 saturated heterocycles. The molecule has 8 heteroatoms. The number of aliphatic imine (C=N–C) groups is 1. The van der Waals surface area contributed by atoms with Crippen LogP contribution in [0.5, 0.6) is 0 Å². The monoisotopic (exact) mass is 476 g/mol. The van der Waals surface area contributed by atoms with Crippen molar-refractivity contribution in [2.24, 2.45) is 4.99 Å². The second kappa shape index (κ2) is 9.50. The van der Waals surface area contributed by atoms with Gasteiger partial charge in [0, 0.05) is 22.6 Å². The fourth-order valence-electron chi connectivity index (χ4n) is 3.74. The Morgan fingerprint density at radius 1 is 0.943 bits per heavy atom. The van der Waals surface area contributed by atoms with Gasteiger partial charge in [0.05, 0.1) is 22.5 Å². The molecule has 2 aliphatic rings. The molecule has 2 aromatic carbocycles. The lowest BCUT2D eigenvalue weighted by molar-refractivity contribution is -0.137. The third-order valence-corrected chi connectivity index (χ3v) is 5.42. The highest BCUT2D eigenvalue weighted by Crippen LogP contribution is 2.31. The minimum absolute atomic E-state index is 0.210. The standard InChI is InChI=1S/C27H23F3N4O/c1-16-12-13-21(33-18(3)32-20-9-7-8-19(14-20)27(28,29)30)15-24(16)31-17(2)25-22-10-5-4-6-11-23(22)34-26(25)35/h4-15,32-33H,3H2,1-2H3,(H,34,35)/b31-17+. The number of fused-ring (bicyclic) bond motifs is 1. The first-order valence-corrected chi connectivity index (χ1v) is 10.8. The van der Waals surface area contributed by atoms with Crippen molar-refractivity contribution in [2.75, 3.05) is 10.6 Å². The van der Waals surface area contributed by atoms with Gasteiger partial charge in [0.25, 0.3) is 5.56 Å². The molecular weight excluding hydrogens is 453 g/mol. The van der Waals surface area contributed by atoms with E-state index in [0.717, 1.165) is 29.0 Å². The zero-order valence-corrected chi connectivity index (χ0v) is 19.1. The normalized spacial score (nSPS) is 12.0. The van der Waals surface area contributed by atoms with E-state index < -0.39 is 11.7 Å². The molecule has 0 spiro atoms. The lowest BCUT2D eigenvalue weighted by Gasteiger charge is -2.15. The van der Waals surface area contributed by atoms with E-state index in [1.165, 1.54) is 12.1 Å². The molecule has 5 nitrogen and oxygen atoms in total. The zero-order chi connectivity index (χ0) is 25.2. The molecule has 178 valence electrons. The predicted octanol–water partition coefficient (Wildman–Crippen LogP) is 6.94. The molecule has 0 atom stereocenters. The van der Waals surface area contributed by atoms with Crippen molar-refractivity contribution < 1.29 is 13.2 Å². The zero-order valence-electron chi connectivity index (χ0n) is 19.1. The lowest BCUT2D eigenvalue weighted by atomic mass is 10.1. The Labute approximate surface area is 200 Å². The van der Waals surface area contributed by atoms with Crippen molar-refractivity contribution in [3.8, 4) is 11.3 Å². The number of H-pyrrole nitrogens is 1. The first-order chi connectivity index (χ1) is 16.6. The maximum atomic E-state index is 13.0. The molecule has 0 unspecified atom stereocenters. The van der Waals surface area contributed by atoms with E-state index in [0.29, 0.717) is 28.5 Å². The molecule has 1 aliphatic heterocycles. The van der Waals surface area contributed by atoms with Crippen LogP contribution in [0.25, 0.3) is 11.3 Å². The SMILES string of the molecule is C=C(Nc1cccc(C(F)(F)F)c1)Nc1ccc(C)c(/N=C(\C)c2c3cccccc-3[nH]c2=O)c1. The summed E-state index contributed by atoms with van der Waals surface area (Å²) in [6.45, 7) is 7.54. The molecule has 1 heterocycles. The average molecular weight is 477 g/mol. The van der Waals surface area contributed by atoms with Gasteiger partial charge in [0.1, 0.15) is 5.82 Å². The van der Waals surface area contributed by atoms with Crippen LogP contribution in [0.15, 0.2) is 95.0 Å². The number of halogens is 3. The molecule has 35 heavy (non-hydrogen) atoms. The summed E-state index contributed by atoms with van der Waals surface area (Å²) >= 11 is 0. The summed E-state index contributed by atoms with van der Waals surface area (Å²) in [6.07, 6.45) is -4.43. The highest BCUT2D eigenvalue weighted by atomic mass is 19.4. The van der Waals surface area contributed by atoms with E-state index in [1.54, 1.807) is 13.0 Å². The Morgan fingerprint density at radius 2 is 1.66 bits per heavy atom. The topological polar surface area (TPSA) is 69.3 Å². The Morgan fingerprint density at radius 3 is 2.40 bits per heavy atom. The first-order valence-electron chi connectivity index (χ1n) is 10.8. The van der Waals surface area contributed by atoms with Gasteiger partial charge in [-0.1, -0.05) is 43.0 Å². The molecule has 2 aromatic rings. The van der Waals surface area contributed by atoms with E-state index in [4.69, 9.17) is 4.99 Å². The van der Waals surface area contributed by atoms with Crippen LogP contribution >= 0.6 is 0 Å². The van der Waals surface area contributed by atoms with Gasteiger partial charge in [0.2, 0.25) is 0 Å². The predicted molar refractivity (Wildman–Crippen MR) is 135 cm³/mol. The van der Waals surface area contributed by atoms with E-state index >= 15 is 0 Å². The summed E-state index contributed by atoms with van der Waals surface area (Å²) < 4.78 is 38.9. The molecule has 0 bridgehead atoms. The number of rotatable bonds is 6. The lowest BCUT2D eigenvalue weighted by Crippen LogP contribution is -2.10. The molecule has 0 radical (unpaired) electrons. The van der Waals surface area contributed by atoms with Gasteiger partial charge in [-0.15, -0.1) is 0 Å². The van der Waals surface area contributed by atoms with Crippen LogP contribution in [0.3, 0.4) is 0 Å². The van der Waals surface area contributed by atoms with Crippen molar-refractivity contribution in [3.63, 3.8) is 0 Å². The molecule has 4 rings (SSSR count). The number of anilines is 2. The first kappa shape index (κ1) is 23.8. The van der Waals surface area contributed by atoms with Crippen LogP contribution in [0.4, 0.5) is 30.2 Å². The van der Waals surface area contributed by atoms with E-state index in [-0.39, 0.29) is 11.2 Å². The minimum atomic E-state index is -4.43. The van der Waals surface area contributed by atoms with Crippen LogP contribution in [0.1, 0.15) is 23.6 Å². The van der Waals surface area contributed by atoms with Crippen molar-refractivity contribution in [3.05, 3.63) is 112 Å². The number of hydrogen-bond acceptors (Lipinski definition) is 4. The molecule has 0 amide bonds. The molecular formula is C27H23F3N4O. The van der Waals surface area contributed by atoms with Gasteiger partial charge >= 0.3 is 6.18 Å². The number of nitrogens with zero attached hydrogens (tertiary/aromatic N) is 1. The number of aryl methyl sites for hydroxylation is 1. The van der Waals surface area contributed by atoms with E-state index in [9.17, 15) is 18.0 Å². The summed E-state index contributed by atoms with van der Waals surface area (Å²) in [5, 5.41) is 5.89. The fraction of sp³-hybridized carbons (Fsp3) is 0.111. The van der Waals surface area contributed by atoms with Gasteiger partial charge in [-0.3, -0.25) is 9.79 Å². The molecule has 0 fully saturated rings. The van der Waals surface area contributed by atoms with Crippen LogP contribution in [0, 0.1) is 6.92 Å². The van der Waals surface area contributed by atoms with Gasteiger partial charge in [-0.2, -0.15) is 13.2 Å². The summed E-state index contributed by atoms with van der Waals surface area (Å²) in [5.41, 5.74) is 4.06. The maximum Gasteiger partial charge on any atom is 0.416 e. The quantitative estimate of drug-likeness (QED) is 0.264. The minimum Gasteiger partial charge on any atom is -0.342 e. The Balaban J connectivity index is 1.56. The van der Waals surface area contributed by atoms with Crippen molar-refractivity contribution in [1.82, 2.24) is 4.98 Å². The molecule has 3 N–H and O–H groups in total. The van der Waals surface area contributed by atoms with Crippen molar-refractivity contribution in [2.45, 2.75) is 20.0 Å². The highest BCUT2D eigenvalue weighted by molar-refractivity contribution is 6.05. The van der Waals surface area contributed by atoms with Crippen LogP contribution in [-0.2, 0) is 6.18 Å². The molecule has 1 aliphatic carbocycles. The fourth-order valence-corrected chi connectivity index (χ4v) is 3.74. The van der Waals surface area contributed by atoms with Gasteiger partial charge in [-0.25, -0.2) is 0 Å². The van der Waals surface area contributed by atoms with E-state index in [2.05, 4.69) is 22.2 Å². The maximum absolute atomic E-state index is 13.0. The molecule has 0 saturated carbocycles. The summed E-state index contributed by atoms with van der Waals surface area (Å²) in [5.74, 6) is 0.297. The second-order valence-corrected chi connectivity index (χ2v) is 8.07. The number of aromatic amines is 1. The summed E-state index contributed by atoms with van der Waals surface area (Å²) in [4.78, 5) is 20.2. The van der Waals surface area contributed by atoms with Crippen LogP contribution in [0.2, 0.25) is 0 Å². The highest BCUT2D eigenvalue weighted by Gasteiger charge is 2.30. The Hall–Kier alpha value is -4.33. The van der Waals surface area contributed by atoms with Gasteiger partial charge in [0.15, 0.2) is 0 Å². The van der Waals surface area contributed by atoms with E-state index in [1.807, 2.05) is 49.4 Å². The summed E-state index contributed by atoms with van der Waals surface area (Å²) in [7, 11) is 0. The third-order valence-electron chi connectivity index (χ3n) is 5.42. The van der Waals surface area contributed by atoms with Crippen LogP contribution in [-0.4, -0.2) is 10.7 Å².